The zero-order valence-corrected chi connectivity index (χ0v) is 13.5. The van der Waals surface area contributed by atoms with Gasteiger partial charge in [-0.05, 0) is 48.9 Å². The summed E-state index contributed by atoms with van der Waals surface area (Å²) in [6, 6.07) is 4.32. The molecule has 2 N–H and O–H groups in total. The van der Waals surface area contributed by atoms with Crippen LogP contribution in [0.4, 0.5) is 11.5 Å². The van der Waals surface area contributed by atoms with E-state index in [1.807, 2.05) is 39.0 Å². The minimum atomic E-state index is 0.812. The molecule has 0 amide bonds. The Kier molecular flexibility index (Phi) is 4.65. The van der Waals surface area contributed by atoms with Crippen LogP contribution in [0.3, 0.4) is 0 Å². The largest absolute Gasteiger partial charge is 0.397 e. The second-order valence-corrected chi connectivity index (χ2v) is 5.84. The number of nitrogens with zero attached hydrogens (tertiary/aromatic N) is 2. The Morgan fingerprint density at radius 3 is 2.75 bits per heavy atom. The third kappa shape index (κ3) is 2.80. The number of nitrogen functional groups attached to an aromatic ring is 1. The molecule has 3 nitrogen and oxygen atoms in total. The molecule has 0 unspecified atom stereocenters. The molecular formula is C16H23N3S. The number of hydrogen-bond donors (Lipinski definition) is 1. The van der Waals surface area contributed by atoms with Crippen LogP contribution in [0.1, 0.15) is 35.5 Å². The van der Waals surface area contributed by atoms with Crippen LogP contribution in [0.15, 0.2) is 17.5 Å². The van der Waals surface area contributed by atoms with Crippen molar-refractivity contribution in [2.45, 2.75) is 40.7 Å². The number of aromatic nitrogens is 1. The van der Waals surface area contributed by atoms with E-state index in [4.69, 9.17) is 5.73 Å². The molecule has 0 aromatic carbocycles. The van der Waals surface area contributed by atoms with Gasteiger partial charge in [-0.2, -0.15) is 0 Å². The Hall–Kier alpha value is -1.55. The van der Waals surface area contributed by atoms with Gasteiger partial charge >= 0.3 is 0 Å². The lowest BCUT2D eigenvalue weighted by molar-refractivity contribution is 0.730. The summed E-state index contributed by atoms with van der Waals surface area (Å²) in [6.07, 6.45) is 1.12. The van der Waals surface area contributed by atoms with Crippen LogP contribution in [0.5, 0.6) is 0 Å². The van der Waals surface area contributed by atoms with Gasteiger partial charge in [0.25, 0.3) is 0 Å². The van der Waals surface area contributed by atoms with E-state index in [2.05, 4.69) is 27.4 Å². The van der Waals surface area contributed by atoms with Crippen LogP contribution in [0, 0.1) is 13.8 Å². The van der Waals surface area contributed by atoms with E-state index in [-0.39, 0.29) is 0 Å². The molecule has 3 rings (SSSR count). The summed E-state index contributed by atoms with van der Waals surface area (Å²) in [5.41, 5.74) is 10.3. The second-order valence-electron chi connectivity index (χ2n) is 4.84. The molecule has 0 bridgehead atoms. The van der Waals surface area contributed by atoms with Crippen molar-refractivity contribution in [2.24, 2.45) is 0 Å². The molecule has 0 radical (unpaired) electrons. The molecule has 3 heterocycles. The molecule has 108 valence electrons. The van der Waals surface area contributed by atoms with Gasteiger partial charge in [-0.15, -0.1) is 11.3 Å². The predicted molar refractivity (Wildman–Crippen MR) is 88.5 cm³/mol. The van der Waals surface area contributed by atoms with E-state index in [0.717, 1.165) is 42.3 Å². The number of aryl methyl sites for hydroxylation is 2. The van der Waals surface area contributed by atoms with Crippen molar-refractivity contribution in [1.29, 1.82) is 0 Å². The lowest BCUT2D eigenvalue weighted by Crippen LogP contribution is -2.30. The van der Waals surface area contributed by atoms with Crippen LogP contribution >= 0.6 is 11.3 Å². The monoisotopic (exact) mass is 289 g/mol. The highest BCUT2D eigenvalue weighted by Gasteiger charge is 2.19. The molecule has 0 spiro atoms. The molecule has 0 saturated carbocycles. The van der Waals surface area contributed by atoms with E-state index in [1.54, 1.807) is 0 Å². The third-order valence-electron chi connectivity index (χ3n) is 3.57. The Balaban J connectivity index is 0.000000704. The SMILES string of the molecule is CC.Cc1cc(N2CCc3sccc3C2)nc(C)c1N. The smallest absolute Gasteiger partial charge is 0.129 e. The maximum atomic E-state index is 5.96. The summed E-state index contributed by atoms with van der Waals surface area (Å²) in [5, 5.41) is 2.18. The molecule has 1 aliphatic heterocycles. The summed E-state index contributed by atoms with van der Waals surface area (Å²) >= 11 is 1.86. The Morgan fingerprint density at radius 1 is 1.30 bits per heavy atom. The predicted octanol–water partition coefficient (Wildman–Crippen LogP) is 3.93. The lowest BCUT2D eigenvalue weighted by Gasteiger charge is -2.28. The fourth-order valence-corrected chi connectivity index (χ4v) is 3.32. The lowest BCUT2D eigenvalue weighted by atomic mass is 10.1. The topological polar surface area (TPSA) is 42.2 Å². The Morgan fingerprint density at radius 2 is 2.05 bits per heavy atom. The highest BCUT2D eigenvalue weighted by atomic mass is 32.1. The summed E-state index contributed by atoms with van der Waals surface area (Å²) in [5.74, 6) is 1.05. The van der Waals surface area contributed by atoms with Gasteiger partial charge in [-0.3, -0.25) is 0 Å². The molecule has 0 saturated heterocycles. The summed E-state index contributed by atoms with van der Waals surface area (Å²) in [4.78, 5) is 8.48. The minimum Gasteiger partial charge on any atom is -0.397 e. The average molecular weight is 289 g/mol. The number of thiophene rings is 1. The molecule has 0 aliphatic carbocycles. The maximum absolute atomic E-state index is 5.96. The van der Waals surface area contributed by atoms with Crippen molar-refractivity contribution in [3.05, 3.63) is 39.2 Å². The molecule has 1 aliphatic rings. The van der Waals surface area contributed by atoms with Crippen molar-refractivity contribution < 1.29 is 0 Å². The number of fused-ring (bicyclic) bond motifs is 1. The van der Waals surface area contributed by atoms with Crippen molar-refractivity contribution in [2.75, 3.05) is 17.2 Å². The van der Waals surface area contributed by atoms with Crippen LogP contribution in [0.25, 0.3) is 0 Å². The zero-order chi connectivity index (χ0) is 14.7. The number of hydrogen-bond acceptors (Lipinski definition) is 4. The fourth-order valence-electron chi connectivity index (χ4n) is 2.43. The number of nitrogens with two attached hydrogens (primary N) is 1. The summed E-state index contributed by atoms with van der Waals surface area (Å²) in [7, 11) is 0. The fraction of sp³-hybridized carbons (Fsp3) is 0.438. The number of rotatable bonds is 1. The maximum Gasteiger partial charge on any atom is 0.129 e. The van der Waals surface area contributed by atoms with Crippen molar-refractivity contribution in [3.63, 3.8) is 0 Å². The van der Waals surface area contributed by atoms with E-state index >= 15 is 0 Å². The molecule has 2 aromatic rings. The van der Waals surface area contributed by atoms with Gasteiger partial charge in [0.1, 0.15) is 5.82 Å². The molecule has 20 heavy (non-hydrogen) atoms. The van der Waals surface area contributed by atoms with E-state index < -0.39 is 0 Å². The van der Waals surface area contributed by atoms with Crippen LogP contribution < -0.4 is 10.6 Å². The van der Waals surface area contributed by atoms with E-state index in [9.17, 15) is 0 Å². The highest BCUT2D eigenvalue weighted by molar-refractivity contribution is 7.10. The van der Waals surface area contributed by atoms with Crippen LogP contribution in [0.2, 0.25) is 0 Å². The summed E-state index contributed by atoms with van der Waals surface area (Å²) < 4.78 is 0. The second kappa shape index (κ2) is 6.27. The zero-order valence-electron chi connectivity index (χ0n) is 12.7. The highest BCUT2D eigenvalue weighted by Crippen LogP contribution is 2.28. The molecular weight excluding hydrogens is 266 g/mol. The Labute approximate surface area is 125 Å². The van der Waals surface area contributed by atoms with Crippen LogP contribution in [-0.2, 0) is 13.0 Å². The van der Waals surface area contributed by atoms with E-state index in [0.29, 0.717) is 0 Å². The number of anilines is 2. The first-order valence-electron chi connectivity index (χ1n) is 7.19. The van der Waals surface area contributed by atoms with Gasteiger partial charge in [-0.1, -0.05) is 13.8 Å². The number of pyridine rings is 1. The van der Waals surface area contributed by atoms with Gasteiger partial charge in [0.2, 0.25) is 0 Å². The summed E-state index contributed by atoms with van der Waals surface area (Å²) in [6.45, 7) is 10.0. The first-order valence-corrected chi connectivity index (χ1v) is 8.07. The molecule has 0 fully saturated rings. The molecule has 4 heteroatoms. The van der Waals surface area contributed by atoms with Crippen molar-refractivity contribution in [3.8, 4) is 0 Å². The van der Waals surface area contributed by atoms with Crippen molar-refractivity contribution >= 4 is 22.8 Å². The Bertz CT molecular complexity index is 566. The van der Waals surface area contributed by atoms with Crippen LogP contribution in [-0.4, -0.2) is 11.5 Å². The van der Waals surface area contributed by atoms with Crippen molar-refractivity contribution in [1.82, 2.24) is 4.98 Å². The van der Waals surface area contributed by atoms with Gasteiger partial charge < -0.3 is 10.6 Å². The standard InChI is InChI=1S/C14H17N3S.C2H6/c1-9-7-13(16-10(2)14(9)15)17-5-3-12-11(8-17)4-6-18-12;1-2/h4,6-7H,3,5,8,15H2,1-2H3;1-2H3. The molecule has 0 atom stereocenters. The normalized spacial score (nSPS) is 13.5. The van der Waals surface area contributed by atoms with Gasteiger partial charge in [0.05, 0.1) is 11.4 Å². The minimum absolute atomic E-state index is 0.812. The average Bonchev–Trinajstić information content (AvgIpc) is 2.93. The molecule has 2 aromatic heterocycles. The quantitative estimate of drug-likeness (QED) is 0.865. The first kappa shape index (κ1) is 14.9. The van der Waals surface area contributed by atoms with E-state index in [1.165, 1.54) is 10.4 Å². The first-order chi connectivity index (χ1) is 9.65. The van der Waals surface area contributed by atoms with Gasteiger partial charge in [0.15, 0.2) is 0 Å². The van der Waals surface area contributed by atoms with Gasteiger partial charge in [-0.25, -0.2) is 4.98 Å². The van der Waals surface area contributed by atoms with Gasteiger partial charge in [0, 0.05) is 18.0 Å². The third-order valence-corrected chi connectivity index (χ3v) is 4.60.